The normalized spacial score (nSPS) is 21.0. The van der Waals surface area contributed by atoms with E-state index in [4.69, 9.17) is 5.11 Å². The highest BCUT2D eigenvalue weighted by atomic mass is 16.4. The van der Waals surface area contributed by atoms with E-state index in [1.165, 1.54) is 4.52 Å². The van der Waals surface area contributed by atoms with Gasteiger partial charge in [-0.25, -0.2) is 9.50 Å². The van der Waals surface area contributed by atoms with Crippen molar-refractivity contribution in [2.75, 3.05) is 0 Å². The van der Waals surface area contributed by atoms with Gasteiger partial charge in [0.25, 0.3) is 11.7 Å². The molecule has 8 nitrogen and oxygen atoms in total. The van der Waals surface area contributed by atoms with Crippen LogP contribution >= 0.6 is 0 Å². The number of amides is 1. The number of carbonyl (C=O) groups is 2. The molecule has 8 heteroatoms. The van der Waals surface area contributed by atoms with Gasteiger partial charge in [0.1, 0.15) is 0 Å². The zero-order chi connectivity index (χ0) is 15.1. The largest absolute Gasteiger partial charge is 0.481 e. The summed E-state index contributed by atoms with van der Waals surface area (Å²) in [4.78, 5) is 31.1. The molecule has 2 aromatic heterocycles. The van der Waals surface area contributed by atoms with Crippen molar-refractivity contribution in [1.29, 1.82) is 0 Å². The second-order valence-corrected chi connectivity index (χ2v) is 5.36. The summed E-state index contributed by atoms with van der Waals surface area (Å²) in [6, 6.07) is 1.73. The number of hydrogen-bond donors (Lipinski definition) is 2. The topological polar surface area (TPSA) is 109 Å². The van der Waals surface area contributed by atoms with Crippen LogP contribution in [0.4, 0.5) is 0 Å². The molecule has 1 amide bonds. The van der Waals surface area contributed by atoms with E-state index >= 15 is 0 Å². The first-order chi connectivity index (χ1) is 9.94. The molecule has 2 heterocycles. The SMILES string of the molecule is Cc1cc(C)n2nc(C(=O)NC3CC(C(=O)O)C3)nc2n1. The maximum absolute atomic E-state index is 12.1. The van der Waals surface area contributed by atoms with Crippen molar-refractivity contribution in [2.24, 2.45) is 5.92 Å². The van der Waals surface area contributed by atoms with Crippen LogP contribution in [-0.4, -0.2) is 42.6 Å². The van der Waals surface area contributed by atoms with Gasteiger partial charge in [-0.05, 0) is 32.8 Å². The zero-order valence-corrected chi connectivity index (χ0v) is 11.7. The highest BCUT2D eigenvalue weighted by Gasteiger charge is 2.35. The van der Waals surface area contributed by atoms with Crippen molar-refractivity contribution in [3.05, 3.63) is 23.3 Å². The Morgan fingerprint density at radius 3 is 2.71 bits per heavy atom. The molecule has 0 saturated heterocycles. The fraction of sp³-hybridized carbons (Fsp3) is 0.462. The van der Waals surface area contributed by atoms with Crippen LogP contribution < -0.4 is 5.32 Å². The molecular weight excluding hydrogens is 274 g/mol. The molecule has 0 atom stereocenters. The Hall–Kier alpha value is -2.51. The summed E-state index contributed by atoms with van der Waals surface area (Å²) < 4.78 is 1.52. The van der Waals surface area contributed by atoms with Gasteiger partial charge in [-0.2, -0.15) is 4.98 Å². The quantitative estimate of drug-likeness (QED) is 0.843. The maximum atomic E-state index is 12.1. The lowest BCUT2D eigenvalue weighted by molar-refractivity contribution is -0.145. The molecule has 110 valence electrons. The number of carboxylic acids is 1. The molecule has 1 saturated carbocycles. The minimum absolute atomic E-state index is 0.0509. The monoisotopic (exact) mass is 289 g/mol. The Balaban J connectivity index is 1.74. The zero-order valence-electron chi connectivity index (χ0n) is 11.7. The Labute approximate surface area is 120 Å². The third kappa shape index (κ3) is 2.44. The average Bonchev–Trinajstić information content (AvgIpc) is 2.76. The van der Waals surface area contributed by atoms with E-state index in [-0.39, 0.29) is 17.8 Å². The summed E-state index contributed by atoms with van der Waals surface area (Å²) in [5.41, 5.74) is 1.65. The Bertz CT molecular complexity index is 733. The van der Waals surface area contributed by atoms with Gasteiger partial charge in [0.15, 0.2) is 0 Å². The highest BCUT2D eigenvalue weighted by molar-refractivity contribution is 5.91. The lowest BCUT2D eigenvalue weighted by atomic mass is 9.80. The molecule has 1 aliphatic carbocycles. The molecule has 0 radical (unpaired) electrons. The number of carbonyl (C=O) groups excluding carboxylic acids is 1. The van der Waals surface area contributed by atoms with Crippen LogP contribution in [0.15, 0.2) is 6.07 Å². The van der Waals surface area contributed by atoms with Gasteiger partial charge < -0.3 is 10.4 Å². The van der Waals surface area contributed by atoms with Crippen molar-refractivity contribution < 1.29 is 14.7 Å². The molecule has 21 heavy (non-hydrogen) atoms. The van der Waals surface area contributed by atoms with Gasteiger partial charge in [-0.3, -0.25) is 9.59 Å². The molecule has 1 fully saturated rings. The minimum Gasteiger partial charge on any atom is -0.481 e. The molecule has 0 bridgehead atoms. The van der Waals surface area contributed by atoms with Crippen LogP contribution in [0.1, 0.15) is 34.8 Å². The van der Waals surface area contributed by atoms with Crippen molar-refractivity contribution in [3.63, 3.8) is 0 Å². The highest BCUT2D eigenvalue weighted by Crippen LogP contribution is 2.27. The van der Waals surface area contributed by atoms with Crippen molar-refractivity contribution >= 4 is 17.7 Å². The summed E-state index contributed by atoms with van der Waals surface area (Å²) >= 11 is 0. The second-order valence-electron chi connectivity index (χ2n) is 5.36. The van der Waals surface area contributed by atoms with E-state index in [9.17, 15) is 9.59 Å². The van der Waals surface area contributed by atoms with E-state index in [1.807, 2.05) is 19.9 Å². The summed E-state index contributed by atoms with van der Waals surface area (Å²) in [5, 5.41) is 15.7. The van der Waals surface area contributed by atoms with Crippen LogP contribution in [0, 0.1) is 19.8 Å². The molecule has 2 N–H and O–H groups in total. The molecule has 0 unspecified atom stereocenters. The molecule has 0 aliphatic heterocycles. The molecule has 0 aromatic carbocycles. The number of hydrogen-bond acceptors (Lipinski definition) is 5. The van der Waals surface area contributed by atoms with Crippen LogP contribution in [0.3, 0.4) is 0 Å². The van der Waals surface area contributed by atoms with Gasteiger partial charge in [0, 0.05) is 17.4 Å². The number of fused-ring (bicyclic) bond motifs is 1. The summed E-state index contributed by atoms with van der Waals surface area (Å²) in [5.74, 6) is -1.14. The lowest BCUT2D eigenvalue weighted by Crippen LogP contribution is -2.46. The van der Waals surface area contributed by atoms with Crippen molar-refractivity contribution in [1.82, 2.24) is 24.9 Å². The molecule has 2 aromatic rings. The van der Waals surface area contributed by atoms with E-state index in [0.29, 0.717) is 18.6 Å². The number of aromatic nitrogens is 4. The van der Waals surface area contributed by atoms with Gasteiger partial charge >= 0.3 is 5.97 Å². The molecule has 3 rings (SSSR count). The summed E-state index contributed by atoms with van der Waals surface area (Å²) in [6.07, 6.45) is 0.898. The lowest BCUT2D eigenvalue weighted by Gasteiger charge is -2.32. The van der Waals surface area contributed by atoms with Crippen LogP contribution in [0.5, 0.6) is 0 Å². The van der Waals surface area contributed by atoms with E-state index < -0.39 is 11.9 Å². The summed E-state index contributed by atoms with van der Waals surface area (Å²) in [6.45, 7) is 3.71. The first kappa shape index (κ1) is 13.5. The fourth-order valence-corrected chi connectivity index (χ4v) is 2.45. The van der Waals surface area contributed by atoms with Crippen molar-refractivity contribution in [2.45, 2.75) is 32.7 Å². The number of nitrogens with zero attached hydrogens (tertiary/aromatic N) is 4. The number of carboxylic acid groups (broad SMARTS) is 1. The van der Waals surface area contributed by atoms with Crippen molar-refractivity contribution in [3.8, 4) is 0 Å². The Kier molecular flexibility index (Phi) is 3.08. The first-order valence-electron chi connectivity index (χ1n) is 6.68. The molecule has 1 aliphatic rings. The standard InChI is InChI=1S/C13H15N5O3/c1-6-3-7(2)18-13(14-6)16-10(17-18)11(19)15-9-4-8(5-9)12(20)21/h3,8-9H,4-5H2,1-2H3,(H,15,19)(H,20,21). The van der Waals surface area contributed by atoms with Crippen LogP contribution in [-0.2, 0) is 4.79 Å². The second kappa shape index (κ2) is 4.80. The Morgan fingerprint density at radius 1 is 1.33 bits per heavy atom. The average molecular weight is 289 g/mol. The van der Waals surface area contributed by atoms with E-state index in [1.54, 1.807) is 0 Å². The molecular formula is C13H15N5O3. The Morgan fingerprint density at radius 2 is 2.05 bits per heavy atom. The van der Waals surface area contributed by atoms with E-state index in [2.05, 4.69) is 20.4 Å². The number of rotatable bonds is 3. The van der Waals surface area contributed by atoms with Gasteiger partial charge in [0.05, 0.1) is 5.92 Å². The number of aliphatic carboxylic acids is 1. The summed E-state index contributed by atoms with van der Waals surface area (Å²) in [7, 11) is 0. The van der Waals surface area contributed by atoms with Crippen LogP contribution in [0.2, 0.25) is 0 Å². The van der Waals surface area contributed by atoms with Gasteiger partial charge in [0.2, 0.25) is 5.82 Å². The maximum Gasteiger partial charge on any atom is 0.306 e. The number of aryl methyl sites for hydroxylation is 2. The fourth-order valence-electron chi connectivity index (χ4n) is 2.45. The number of nitrogens with one attached hydrogen (secondary N) is 1. The first-order valence-corrected chi connectivity index (χ1v) is 6.68. The third-order valence-corrected chi connectivity index (χ3v) is 3.64. The van der Waals surface area contributed by atoms with E-state index in [0.717, 1.165) is 11.4 Å². The predicted molar refractivity (Wildman–Crippen MR) is 71.9 cm³/mol. The minimum atomic E-state index is -0.818. The molecule has 0 spiro atoms. The van der Waals surface area contributed by atoms with Gasteiger partial charge in [-0.15, -0.1) is 5.10 Å². The third-order valence-electron chi connectivity index (χ3n) is 3.64. The van der Waals surface area contributed by atoms with Gasteiger partial charge in [-0.1, -0.05) is 0 Å². The van der Waals surface area contributed by atoms with Crippen LogP contribution in [0.25, 0.3) is 5.78 Å². The predicted octanol–water partition coefficient (Wildman–Crippen LogP) is 0.334. The smallest absolute Gasteiger partial charge is 0.306 e.